The maximum atomic E-state index is 6.09. The molecule has 0 unspecified atom stereocenters. The normalized spacial score (nSPS) is 4.00. The van der Waals surface area contributed by atoms with Crippen LogP contribution in [0.4, 0.5) is 0 Å². The van der Waals surface area contributed by atoms with Crippen molar-refractivity contribution in [1.29, 1.82) is 0 Å². The van der Waals surface area contributed by atoms with Gasteiger partial charge in [0.1, 0.15) is 0 Å². The Hall–Kier alpha value is 0.720. The van der Waals surface area contributed by atoms with Gasteiger partial charge in [-0.15, -0.1) is 12.4 Å². The van der Waals surface area contributed by atoms with Crippen LogP contribution in [0.25, 0.3) is 5.73 Å². The van der Waals surface area contributed by atoms with E-state index in [0.717, 1.165) is 0 Å². The second kappa shape index (κ2) is 9.21. The van der Waals surface area contributed by atoms with Gasteiger partial charge < -0.3 is 11.5 Å². The summed E-state index contributed by atoms with van der Waals surface area (Å²) in [6, 6.07) is 0. The summed E-state index contributed by atoms with van der Waals surface area (Å²) in [4.78, 5) is 0. The summed E-state index contributed by atoms with van der Waals surface area (Å²) in [7, 11) is 0. The van der Waals surface area contributed by atoms with Gasteiger partial charge in [0.25, 0.3) is 0 Å². The molecule has 0 saturated carbocycles. The summed E-state index contributed by atoms with van der Waals surface area (Å²) in [5, 5.41) is -0.250. The fourth-order valence-corrected chi connectivity index (χ4v) is 0. The molecule has 0 aromatic carbocycles. The topological polar surface area (TPSA) is 49.8 Å². The first-order valence-electron chi connectivity index (χ1n) is 0.743. The molecule has 0 heterocycles. The summed E-state index contributed by atoms with van der Waals surface area (Å²) < 4.78 is 0. The smallest absolute Gasteiger partial charge is 0.486 e. The summed E-state index contributed by atoms with van der Waals surface area (Å²) in [6.07, 6.45) is 0. The van der Waals surface area contributed by atoms with Crippen LogP contribution in [0.5, 0.6) is 0 Å². The van der Waals surface area contributed by atoms with E-state index in [4.69, 9.17) is 5.73 Å². The average Bonchev–Trinajstić information content (AvgIpc) is 0.811. The van der Waals surface area contributed by atoms with E-state index in [9.17, 15) is 0 Å². The molecule has 0 aliphatic rings. The molecular weight excluding hydrogens is 305 g/mol. The third-order valence-corrected chi connectivity index (χ3v) is 0. The SMILES string of the molecule is Cl.[Au+].[NH-]C(N)=S. The van der Waals surface area contributed by atoms with Crippen molar-refractivity contribution in [2.45, 2.75) is 0 Å². The van der Waals surface area contributed by atoms with Gasteiger partial charge in [0.2, 0.25) is 0 Å². The Morgan fingerprint density at radius 1 is 1.67 bits per heavy atom. The summed E-state index contributed by atoms with van der Waals surface area (Å²) >= 11 is 3.98. The number of hydrogen-bond acceptors (Lipinski definition) is 1. The molecule has 0 amide bonds. The average molecular weight is 309 g/mol. The minimum atomic E-state index is -0.250. The molecule has 0 rings (SSSR count). The molecular formula is CH4AuClN2S. The van der Waals surface area contributed by atoms with E-state index < -0.39 is 0 Å². The Morgan fingerprint density at radius 3 is 1.67 bits per heavy atom. The van der Waals surface area contributed by atoms with Crippen LogP contribution in [0.15, 0.2) is 0 Å². The second-order valence-corrected chi connectivity index (χ2v) is 0.804. The monoisotopic (exact) mass is 308 g/mol. The molecule has 0 atom stereocenters. The summed E-state index contributed by atoms with van der Waals surface area (Å²) in [5.41, 5.74) is 10.6. The van der Waals surface area contributed by atoms with Crippen LogP contribution in [0.2, 0.25) is 0 Å². The first-order chi connectivity index (χ1) is 1.73. The molecule has 0 bridgehead atoms. The van der Waals surface area contributed by atoms with Gasteiger partial charge >= 0.3 is 22.4 Å². The number of thiocarbonyl (C=S) groups is 1. The minimum Gasteiger partial charge on any atom is -0.486 e. The molecule has 5 heteroatoms. The van der Waals surface area contributed by atoms with Gasteiger partial charge in [-0.25, -0.2) is 0 Å². The van der Waals surface area contributed by atoms with Crippen LogP contribution in [0.1, 0.15) is 0 Å². The molecule has 0 aliphatic carbocycles. The zero-order valence-corrected chi connectivity index (χ0v) is 6.49. The quantitative estimate of drug-likeness (QED) is 0.529. The van der Waals surface area contributed by atoms with Gasteiger partial charge in [-0.05, 0) is 5.11 Å². The molecule has 0 aromatic rings. The zero-order chi connectivity index (χ0) is 3.58. The molecule has 3 N–H and O–H groups in total. The molecule has 0 radical (unpaired) electrons. The van der Waals surface area contributed by atoms with Crippen molar-refractivity contribution in [1.82, 2.24) is 0 Å². The second-order valence-electron chi connectivity index (χ2n) is 0.364. The Balaban J connectivity index is -0.0000000450. The van der Waals surface area contributed by atoms with Crippen molar-refractivity contribution in [3.05, 3.63) is 5.73 Å². The molecule has 0 aliphatic heterocycles. The maximum Gasteiger partial charge on any atom is 1.00 e. The largest absolute Gasteiger partial charge is 1.00 e. The van der Waals surface area contributed by atoms with Crippen LogP contribution >= 0.6 is 24.6 Å². The zero-order valence-electron chi connectivity index (χ0n) is 2.70. The third-order valence-electron chi connectivity index (χ3n) is 0. The van der Waals surface area contributed by atoms with Crippen molar-refractivity contribution in [3.8, 4) is 0 Å². The van der Waals surface area contributed by atoms with E-state index >= 15 is 0 Å². The van der Waals surface area contributed by atoms with E-state index in [2.05, 4.69) is 18.0 Å². The molecule has 42 valence electrons. The van der Waals surface area contributed by atoms with E-state index in [-0.39, 0.29) is 39.9 Å². The van der Waals surface area contributed by atoms with Gasteiger partial charge in [-0.3, -0.25) is 0 Å². The molecule has 2 nitrogen and oxygen atoms in total. The number of rotatable bonds is 0. The molecule has 0 spiro atoms. The summed E-state index contributed by atoms with van der Waals surface area (Å²) in [5.74, 6) is 0. The van der Waals surface area contributed by atoms with Crippen molar-refractivity contribution in [2.24, 2.45) is 5.73 Å². The van der Waals surface area contributed by atoms with Crippen LogP contribution in [-0.2, 0) is 22.4 Å². The maximum absolute atomic E-state index is 6.09. The standard InChI is InChI=1S/CH4N2S.Au.ClH/c2-1(3)4;;/h(H4,2,3,4);;1H/q;+1;/p-1. The molecule has 0 saturated heterocycles. The van der Waals surface area contributed by atoms with Crippen molar-refractivity contribution in [2.75, 3.05) is 0 Å². The van der Waals surface area contributed by atoms with Gasteiger partial charge in [-0.2, -0.15) is 0 Å². The third kappa shape index (κ3) is 126. The van der Waals surface area contributed by atoms with Crippen LogP contribution in [-0.4, -0.2) is 5.11 Å². The fourth-order valence-electron chi connectivity index (χ4n) is 0. The van der Waals surface area contributed by atoms with Crippen LogP contribution in [0.3, 0.4) is 0 Å². The predicted molar refractivity (Wildman–Crippen MR) is 28.4 cm³/mol. The van der Waals surface area contributed by atoms with Gasteiger partial charge in [-0.1, -0.05) is 12.2 Å². The number of nitrogens with one attached hydrogen (secondary N) is 1. The molecule has 0 fully saturated rings. The van der Waals surface area contributed by atoms with E-state index in [1.165, 1.54) is 0 Å². The van der Waals surface area contributed by atoms with Gasteiger partial charge in [0.15, 0.2) is 0 Å². The number of halogens is 1. The van der Waals surface area contributed by atoms with Crippen LogP contribution < -0.4 is 5.73 Å². The van der Waals surface area contributed by atoms with Crippen molar-refractivity contribution < 1.29 is 22.4 Å². The molecule has 0 aromatic heterocycles. The fraction of sp³-hybridized carbons (Fsp3) is 0. The Kier molecular flexibility index (Phi) is 24.4. The predicted octanol–water partition coefficient (Wildman–Crippen LogP) is 0.702. The minimum absolute atomic E-state index is 0. The first kappa shape index (κ1) is 15.9. The van der Waals surface area contributed by atoms with Gasteiger partial charge in [0.05, 0.1) is 0 Å². The van der Waals surface area contributed by atoms with Gasteiger partial charge in [0, 0.05) is 0 Å². The van der Waals surface area contributed by atoms with E-state index in [1.807, 2.05) is 0 Å². The molecule has 6 heavy (non-hydrogen) atoms. The first-order valence-corrected chi connectivity index (χ1v) is 1.15. The Morgan fingerprint density at radius 2 is 1.67 bits per heavy atom. The Bertz CT molecular complexity index is 36.5. The van der Waals surface area contributed by atoms with E-state index in [0.29, 0.717) is 0 Å². The number of nitrogens with two attached hydrogens (primary N) is 1. The number of hydrogen-bond donors (Lipinski definition) is 1. The van der Waals surface area contributed by atoms with Crippen LogP contribution in [0, 0.1) is 0 Å². The Labute approximate surface area is 63.6 Å². The van der Waals surface area contributed by atoms with Crippen molar-refractivity contribution in [3.63, 3.8) is 0 Å². The summed E-state index contributed by atoms with van der Waals surface area (Å²) in [6.45, 7) is 0. The van der Waals surface area contributed by atoms with Crippen molar-refractivity contribution >= 4 is 29.7 Å². The van der Waals surface area contributed by atoms with E-state index in [1.54, 1.807) is 0 Å².